The van der Waals surface area contributed by atoms with Crippen LogP contribution in [-0.4, -0.2) is 63.4 Å². The number of nitrogens with zero attached hydrogens (tertiary/aromatic N) is 6. The van der Waals surface area contributed by atoms with Crippen LogP contribution in [0.5, 0.6) is 0 Å². The number of nitrogens with one attached hydrogen (secondary N) is 1. The lowest BCUT2D eigenvalue weighted by molar-refractivity contribution is 0.195. The molecule has 0 spiro atoms. The van der Waals surface area contributed by atoms with Crippen LogP contribution in [-0.2, 0) is 6.42 Å². The molecule has 0 aliphatic carbocycles. The van der Waals surface area contributed by atoms with Crippen LogP contribution in [0.3, 0.4) is 0 Å². The number of anilines is 1. The topological polar surface area (TPSA) is 79.2 Å². The number of hydrogen-bond acceptors (Lipinski definition) is 5. The number of aryl methyl sites for hydroxylation is 2. The largest absolute Gasteiger partial charge is 0.352 e. The summed E-state index contributed by atoms with van der Waals surface area (Å²) in [4.78, 5) is 26.5. The Kier molecular flexibility index (Phi) is 6.35. The van der Waals surface area contributed by atoms with Crippen molar-refractivity contribution in [2.75, 3.05) is 37.6 Å². The number of fused-ring (bicyclic) bond motifs is 1. The van der Waals surface area contributed by atoms with Crippen molar-refractivity contribution in [3.8, 4) is 5.69 Å². The Morgan fingerprint density at radius 3 is 2.34 bits per heavy atom. The first-order valence-corrected chi connectivity index (χ1v) is 12.2. The maximum atomic E-state index is 12.3. The number of rotatable bonds is 5. The van der Waals surface area contributed by atoms with Crippen molar-refractivity contribution < 1.29 is 4.79 Å². The molecule has 0 atom stereocenters. The summed E-state index contributed by atoms with van der Waals surface area (Å²) in [6, 6.07) is 18.6. The van der Waals surface area contributed by atoms with Crippen molar-refractivity contribution in [2.45, 2.75) is 27.2 Å². The highest BCUT2D eigenvalue weighted by molar-refractivity contribution is 5.91. The lowest BCUT2D eigenvalue weighted by Gasteiger charge is -2.35. The van der Waals surface area contributed by atoms with Crippen LogP contribution in [0.15, 0.2) is 54.6 Å². The third-order valence-corrected chi connectivity index (χ3v) is 6.41. The van der Waals surface area contributed by atoms with E-state index in [1.165, 1.54) is 11.1 Å². The zero-order valence-electron chi connectivity index (χ0n) is 20.5. The number of aromatic nitrogens is 4. The molecule has 1 aliphatic heterocycles. The van der Waals surface area contributed by atoms with E-state index in [9.17, 15) is 4.79 Å². The summed E-state index contributed by atoms with van der Waals surface area (Å²) in [6.07, 6.45) is 0.640. The first kappa shape index (κ1) is 22.8. The number of hydrogen-bond donors (Lipinski definition) is 1. The summed E-state index contributed by atoms with van der Waals surface area (Å²) in [6.45, 7) is 9.39. The molecule has 1 N–H and O–H groups in total. The third-order valence-electron chi connectivity index (χ3n) is 6.41. The summed E-state index contributed by atoms with van der Waals surface area (Å²) < 4.78 is 1.92. The zero-order valence-corrected chi connectivity index (χ0v) is 20.5. The minimum absolute atomic E-state index is 0.00637. The second-order valence-electron chi connectivity index (χ2n) is 8.97. The van der Waals surface area contributed by atoms with E-state index in [1.807, 2.05) is 53.8 Å². The normalized spacial score (nSPS) is 13.9. The van der Waals surface area contributed by atoms with Crippen molar-refractivity contribution in [3.05, 3.63) is 77.2 Å². The Balaban J connectivity index is 1.56. The molecule has 5 rings (SSSR count). The molecular formula is C27H31N7O. The van der Waals surface area contributed by atoms with Gasteiger partial charge in [-0.1, -0.05) is 48.0 Å². The number of piperazine rings is 1. The number of carbonyl (C=O) groups is 1. The molecule has 3 heterocycles. The summed E-state index contributed by atoms with van der Waals surface area (Å²) in [5, 5.41) is 8.72. The molecule has 2 aromatic carbocycles. The van der Waals surface area contributed by atoms with E-state index < -0.39 is 0 Å². The monoisotopic (exact) mass is 469 g/mol. The molecule has 4 aromatic rings. The van der Waals surface area contributed by atoms with Crippen molar-refractivity contribution in [1.29, 1.82) is 0 Å². The number of amides is 2. The molecule has 1 saturated heterocycles. The summed E-state index contributed by atoms with van der Waals surface area (Å²) >= 11 is 0. The Hall–Kier alpha value is -3.94. The van der Waals surface area contributed by atoms with Gasteiger partial charge < -0.3 is 15.1 Å². The fourth-order valence-corrected chi connectivity index (χ4v) is 4.54. The first-order valence-electron chi connectivity index (χ1n) is 12.2. The van der Waals surface area contributed by atoms with Gasteiger partial charge in [-0.3, -0.25) is 0 Å². The first-order chi connectivity index (χ1) is 17.0. The summed E-state index contributed by atoms with van der Waals surface area (Å²) in [5.41, 5.74) is 5.08. The Labute approximate surface area is 205 Å². The number of carbonyl (C=O) groups excluding carboxylic acids is 1. The fraction of sp³-hybridized carbons (Fsp3) is 0.333. The van der Waals surface area contributed by atoms with E-state index in [2.05, 4.69) is 41.4 Å². The average molecular weight is 470 g/mol. The summed E-state index contributed by atoms with van der Waals surface area (Å²) in [5.74, 6) is 1.66. The van der Waals surface area contributed by atoms with E-state index in [4.69, 9.17) is 15.1 Å². The molecule has 0 radical (unpaired) electrons. The van der Waals surface area contributed by atoms with Gasteiger partial charge in [-0.2, -0.15) is 5.10 Å². The summed E-state index contributed by atoms with van der Waals surface area (Å²) in [7, 11) is 0. The molecule has 35 heavy (non-hydrogen) atoms. The van der Waals surface area contributed by atoms with Gasteiger partial charge in [0.15, 0.2) is 5.65 Å². The number of urea groups is 1. The number of para-hydroxylation sites is 1. The zero-order chi connectivity index (χ0) is 24.4. The predicted molar refractivity (Wildman–Crippen MR) is 138 cm³/mol. The quantitative estimate of drug-likeness (QED) is 0.480. The van der Waals surface area contributed by atoms with Gasteiger partial charge in [0.2, 0.25) is 0 Å². The maximum absolute atomic E-state index is 12.3. The van der Waals surface area contributed by atoms with Gasteiger partial charge in [0.05, 0.1) is 16.8 Å². The number of benzene rings is 2. The van der Waals surface area contributed by atoms with Gasteiger partial charge in [0.1, 0.15) is 11.6 Å². The lowest BCUT2D eigenvalue weighted by Crippen LogP contribution is -2.52. The van der Waals surface area contributed by atoms with Crippen molar-refractivity contribution >= 4 is 22.9 Å². The molecule has 8 nitrogen and oxygen atoms in total. The average Bonchev–Trinajstić information content (AvgIpc) is 3.22. The molecule has 0 saturated carbocycles. The fourth-order valence-electron chi connectivity index (χ4n) is 4.54. The standard InChI is InChI=1S/C27H31N7O/c1-4-28-27(35)33-16-14-32(15-17-33)25-24-20(3)31-34(22-8-6-5-7-9-22)26(24)30-23(29-25)18-21-12-10-19(2)11-13-21/h5-13H,4,14-18H2,1-3H3,(H,28,35). The highest BCUT2D eigenvalue weighted by Crippen LogP contribution is 2.30. The van der Waals surface area contributed by atoms with Gasteiger partial charge >= 0.3 is 6.03 Å². The Morgan fingerprint density at radius 2 is 1.66 bits per heavy atom. The highest BCUT2D eigenvalue weighted by atomic mass is 16.2. The Morgan fingerprint density at radius 1 is 0.943 bits per heavy atom. The van der Waals surface area contributed by atoms with Crippen molar-refractivity contribution in [2.24, 2.45) is 0 Å². The SMILES string of the molecule is CCNC(=O)N1CCN(c2nc(Cc3ccc(C)cc3)nc3c2c(C)nn3-c2ccccc2)CC1. The lowest BCUT2D eigenvalue weighted by atomic mass is 10.1. The van der Waals surface area contributed by atoms with E-state index in [0.717, 1.165) is 34.1 Å². The predicted octanol–water partition coefficient (Wildman–Crippen LogP) is 3.87. The molecular weight excluding hydrogens is 438 g/mol. The second-order valence-corrected chi connectivity index (χ2v) is 8.97. The van der Waals surface area contributed by atoms with Crippen molar-refractivity contribution in [1.82, 2.24) is 30.0 Å². The van der Waals surface area contributed by atoms with Crippen LogP contribution >= 0.6 is 0 Å². The van der Waals surface area contributed by atoms with E-state index in [0.29, 0.717) is 39.1 Å². The van der Waals surface area contributed by atoms with Crippen molar-refractivity contribution in [3.63, 3.8) is 0 Å². The van der Waals surface area contributed by atoms with E-state index in [1.54, 1.807) is 0 Å². The Bertz CT molecular complexity index is 1320. The molecule has 2 aromatic heterocycles. The third kappa shape index (κ3) is 4.69. The minimum atomic E-state index is -0.00637. The van der Waals surface area contributed by atoms with E-state index in [-0.39, 0.29) is 6.03 Å². The minimum Gasteiger partial charge on any atom is -0.352 e. The molecule has 2 amide bonds. The molecule has 1 fully saturated rings. The van der Waals surface area contributed by atoms with Crippen LogP contribution in [0.2, 0.25) is 0 Å². The molecule has 8 heteroatoms. The van der Waals surface area contributed by atoms with Gasteiger partial charge in [0.25, 0.3) is 0 Å². The van der Waals surface area contributed by atoms with Gasteiger partial charge in [-0.15, -0.1) is 0 Å². The molecule has 1 aliphatic rings. The van der Waals surface area contributed by atoms with Gasteiger partial charge in [-0.05, 0) is 38.5 Å². The van der Waals surface area contributed by atoms with Crippen LogP contribution in [0.25, 0.3) is 16.7 Å². The van der Waals surface area contributed by atoms with Gasteiger partial charge in [0, 0.05) is 39.1 Å². The maximum Gasteiger partial charge on any atom is 0.317 e. The molecule has 180 valence electrons. The van der Waals surface area contributed by atoms with Crippen LogP contribution in [0.1, 0.15) is 29.6 Å². The molecule has 0 bridgehead atoms. The second kappa shape index (κ2) is 9.74. The van der Waals surface area contributed by atoms with Crippen LogP contribution in [0.4, 0.5) is 10.6 Å². The van der Waals surface area contributed by atoms with Gasteiger partial charge in [-0.25, -0.2) is 19.4 Å². The van der Waals surface area contributed by atoms with E-state index >= 15 is 0 Å². The van der Waals surface area contributed by atoms with Crippen LogP contribution in [0, 0.1) is 13.8 Å². The highest BCUT2D eigenvalue weighted by Gasteiger charge is 2.26. The van der Waals surface area contributed by atoms with Crippen LogP contribution < -0.4 is 10.2 Å². The molecule has 0 unspecified atom stereocenters. The smallest absolute Gasteiger partial charge is 0.317 e.